The van der Waals surface area contributed by atoms with Crippen LogP contribution in [0.1, 0.15) is 109 Å². The second-order valence-corrected chi connectivity index (χ2v) is 20.4. The molecule has 1 N–H and O–H groups in total. The molecule has 12 rings (SSSR count). The fourth-order valence-corrected chi connectivity index (χ4v) is 11.7. The number of hydrogen-bond donors (Lipinski definition) is 1. The minimum absolute atomic E-state index is 0.0588. The maximum Gasteiger partial charge on any atom is 0.438 e. The molecule has 3 fully saturated rings. The average molecular weight is 938 g/mol. The topological polar surface area (TPSA) is 159 Å². The van der Waals surface area contributed by atoms with E-state index in [2.05, 4.69) is 47.3 Å². The van der Waals surface area contributed by atoms with Crippen LogP contribution in [-0.2, 0) is 23.2 Å². The van der Waals surface area contributed by atoms with Gasteiger partial charge in [0.05, 0.1) is 52.4 Å². The van der Waals surface area contributed by atoms with E-state index in [1.54, 1.807) is 53.7 Å². The Morgan fingerprint density at radius 1 is 0.942 bits per heavy atom. The van der Waals surface area contributed by atoms with Crippen LogP contribution >= 0.6 is 0 Å². The molecule has 0 unspecified atom stereocenters. The number of hydrogen-bond acceptors (Lipinski definition) is 9. The molecule has 0 spiro atoms. The molecule has 18 heteroatoms. The number of rotatable bonds is 10. The number of H-pyrrole nitrogens is 1. The van der Waals surface area contributed by atoms with Crippen molar-refractivity contribution >= 4 is 27.7 Å². The van der Waals surface area contributed by atoms with Crippen molar-refractivity contribution in [3.8, 4) is 17.2 Å². The summed E-state index contributed by atoms with van der Waals surface area (Å²) >= 11 is 0. The van der Waals surface area contributed by atoms with Crippen molar-refractivity contribution in [2.45, 2.75) is 108 Å². The summed E-state index contributed by atoms with van der Waals surface area (Å²) < 4.78 is 51.1. The zero-order chi connectivity index (χ0) is 47.8. The van der Waals surface area contributed by atoms with Crippen LogP contribution in [0.25, 0.3) is 39.0 Å². The summed E-state index contributed by atoms with van der Waals surface area (Å²) in [5, 5.41) is 15.0. The summed E-state index contributed by atoms with van der Waals surface area (Å²) in [6.07, 6.45) is 9.32. The fourth-order valence-electron chi connectivity index (χ4n) is 11.7. The molecule has 356 valence electrons. The van der Waals surface area contributed by atoms with Gasteiger partial charge < -0.3 is 19.1 Å². The van der Waals surface area contributed by atoms with Gasteiger partial charge in [-0.15, -0.1) is 0 Å². The lowest BCUT2D eigenvalue weighted by atomic mass is 9.83. The highest BCUT2D eigenvalue weighted by Crippen LogP contribution is 2.53. The van der Waals surface area contributed by atoms with Gasteiger partial charge in [0, 0.05) is 54.5 Å². The first-order chi connectivity index (χ1) is 33.1. The first kappa shape index (κ1) is 43.4. The molecular formula is C51H53F2N11O5. The first-order valence-electron chi connectivity index (χ1n) is 23.8. The zero-order valence-corrected chi connectivity index (χ0v) is 39.4. The van der Waals surface area contributed by atoms with Crippen molar-refractivity contribution in [3.63, 3.8) is 0 Å². The molecule has 1 amide bonds. The van der Waals surface area contributed by atoms with E-state index in [4.69, 9.17) is 14.4 Å². The Bertz CT molecular complexity index is 3500. The minimum Gasteiger partial charge on any atom is -0.376 e. The number of halogens is 2. The highest BCUT2D eigenvalue weighted by Gasteiger charge is 2.54. The number of benzene rings is 3. The summed E-state index contributed by atoms with van der Waals surface area (Å²) in [5.74, 6) is -0.753. The lowest BCUT2D eigenvalue weighted by Gasteiger charge is -2.35. The van der Waals surface area contributed by atoms with Gasteiger partial charge in [-0.05, 0) is 145 Å². The summed E-state index contributed by atoms with van der Waals surface area (Å²) in [7, 11) is 3.92. The summed E-state index contributed by atoms with van der Waals surface area (Å²) in [6, 6.07) is 14.4. The van der Waals surface area contributed by atoms with Crippen LogP contribution < -0.4 is 11.4 Å². The van der Waals surface area contributed by atoms with Gasteiger partial charge in [-0.3, -0.25) is 28.1 Å². The van der Waals surface area contributed by atoms with Gasteiger partial charge >= 0.3 is 11.4 Å². The Morgan fingerprint density at radius 3 is 2.43 bits per heavy atom. The number of fused-ring (bicyclic) bond motifs is 6. The molecule has 3 aromatic carbocycles. The van der Waals surface area contributed by atoms with Crippen molar-refractivity contribution in [1.29, 1.82) is 0 Å². The molecule has 8 aromatic rings. The van der Waals surface area contributed by atoms with E-state index in [0.29, 0.717) is 102 Å². The van der Waals surface area contributed by atoms with Crippen LogP contribution in [0.4, 0.5) is 8.78 Å². The van der Waals surface area contributed by atoms with Crippen molar-refractivity contribution in [2.24, 2.45) is 0 Å². The lowest BCUT2D eigenvalue weighted by Crippen LogP contribution is -2.43. The normalized spacial score (nSPS) is 20.4. The van der Waals surface area contributed by atoms with E-state index < -0.39 is 28.8 Å². The number of aromatic nitrogens is 9. The molecule has 16 nitrogen and oxygen atoms in total. The van der Waals surface area contributed by atoms with Crippen LogP contribution in [-0.4, -0.2) is 98.0 Å². The highest BCUT2D eigenvalue weighted by molar-refractivity contribution is 6.00. The number of amides is 1. The van der Waals surface area contributed by atoms with Gasteiger partial charge in [0.1, 0.15) is 22.9 Å². The molecule has 0 radical (unpaired) electrons. The van der Waals surface area contributed by atoms with Gasteiger partial charge in [-0.1, -0.05) is 11.2 Å². The Labute approximate surface area is 394 Å². The number of imidazole rings is 1. The predicted octanol–water partition coefficient (Wildman–Crippen LogP) is 7.36. The second kappa shape index (κ2) is 15.5. The highest BCUT2D eigenvalue weighted by atomic mass is 19.1. The molecule has 69 heavy (non-hydrogen) atoms. The van der Waals surface area contributed by atoms with Crippen molar-refractivity contribution < 1.29 is 22.8 Å². The molecule has 8 heterocycles. The zero-order valence-electron chi connectivity index (χ0n) is 39.4. The predicted molar refractivity (Wildman–Crippen MR) is 253 cm³/mol. The van der Waals surface area contributed by atoms with Crippen LogP contribution in [0.3, 0.4) is 0 Å². The molecule has 2 saturated heterocycles. The number of aromatic amines is 1. The molecule has 1 saturated carbocycles. The van der Waals surface area contributed by atoms with Crippen molar-refractivity contribution in [2.75, 3.05) is 27.2 Å². The van der Waals surface area contributed by atoms with Crippen LogP contribution in [0.2, 0.25) is 0 Å². The summed E-state index contributed by atoms with van der Waals surface area (Å²) in [4.78, 5) is 49.8. The van der Waals surface area contributed by atoms with E-state index in [0.717, 1.165) is 29.4 Å². The third-order valence-corrected chi connectivity index (χ3v) is 15.1. The minimum atomic E-state index is -0.811. The Morgan fingerprint density at radius 2 is 1.71 bits per heavy atom. The van der Waals surface area contributed by atoms with Crippen molar-refractivity contribution in [1.82, 2.24) is 53.2 Å². The quantitative estimate of drug-likeness (QED) is 0.148. The fraction of sp³-hybridized carbons (Fsp3) is 0.412. The van der Waals surface area contributed by atoms with Gasteiger partial charge in [0.2, 0.25) is 0 Å². The number of aryl methyl sites for hydroxylation is 2. The largest absolute Gasteiger partial charge is 0.438 e. The molecule has 4 aliphatic rings. The maximum atomic E-state index is 16.6. The first-order valence-corrected chi connectivity index (χ1v) is 23.8. The molecular weight excluding hydrogens is 885 g/mol. The standard InChI is InChI=1S/C51H53F2N11O5/c1-28-21-34(22-29(2)43(28)52)64-45(60-18-17-59(49(60)67)40-12-11-38-35(44(40)53)27-54-61(38)19-16-58(5)6)42-36(56-64)25-33-8-10-39(42)62(33)46(65)41-24-32-23-30(31-13-20-68-50(3,4)26-31)7-9-37(32)63(41)51(14-15-51)47-55-48(66)69-57-47/h7,9,11-12,17-18,21-24,27,31,33,39H,8,10,13-16,19-20,25-26H2,1-6H3,(H,55,57,66)/t31-,33+,39-/m0/s1. The van der Waals surface area contributed by atoms with E-state index in [9.17, 15) is 9.59 Å². The lowest BCUT2D eigenvalue weighted by molar-refractivity contribution is -0.0592. The van der Waals surface area contributed by atoms with E-state index >= 15 is 13.6 Å². The van der Waals surface area contributed by atoms with Gasteiger partial charge in [-0.25, -0.2) is 23.1 Å². The number of ether oxygens (including phenoxy) is 1. The average Bonchev–Trinajstić information content (AvgIpc) is 3.91. The second-order valence-electron chi connectivity index (χ2n) is 20.4. The molecule has 5 aromatic heterocycles. The Kier molecular flexibility index (Phi) is 9.77. The Hall–Kier alpha value is -6.92. The third kappa shape index (κ3) is 6.80. The van der Waals surface area contributed by atoms with Gasteiger partial charge in [0.15, 0.2) is 11.6 Å². The maximum absolute atomic E-state index is 16.6. The molecule has 2 bridgehead atoms. The molecule has 1 aliphatic carbocycles. The third-order valence-electron chi connectivity index (χ3n) is 15.1. The Balaban J connectivity index is 0.992. The number of carbonyl (C=O) groups is 1. The SMILES string of the molecule is Cc1cc(-n2nc3c(c2-n2ccn(-c4ccc5c(cnn5CCN(C)C)c4F)c2=O)[C@@H]2CC[C@H](C3)N2C(=O)c2cc3cc([C@H]4CCOC(C)(C)C4)ccc3n2C2(c3noc(=O)[nH]3)CC2)cc(C)c1F. The smallest absolute Gasteiger partial charge is 0.376 e. The van der Waals surface area contributed by atoms with E-state index in [-0.39, 0.29) is 35.0 Å². The van der Waals surface area contributed by atoms with Crippen molar-refractivity contribution in [3.05, 3.63) is 139 Å². The number of carbonyl (C=O) groups excluding carboxylic acids is 1. The number of likely N-dealkylation sites (N-methyl/N-ethyl adjacent to an activating group) is 1. The van der Waals surface area contributed by atoms with Gasteiger partial charge in [0.25, 0.3) is 5.91 Å². The van der Waals surface area contributed by atoms with Crippen LogP contribution in [0.5, 0.6) is 0 Å². The van der Waals surface area contributed by atoms with E-state index in [1.807, 2.05) is 34.5 Å². The summed E-state index contributed by atoms with van der Waals surface area (Å²) in [6.45, 7) is 9.55. The number of nitrogens with zero attached hydrogens (tertiary/aromatic N) is 10. The number of nitrogens with one attached hydrogen (secondary N) is 1. The molecule has 3 aliphatic heterocycles. The van der Waals surface area contributed by atoms with Crippen LogP contribution in [0, 0.1) is 25.5 Å². The van der Waals surface area contributed by atoms with E-state index in [1.165, 1.54) is 27.1 Å². The van der Waals surface area contributed by atoms with Gasteiger partial charge in [-0.2, -0.15) is 10.2 Å². The monoisotopic (exact) mass is 937 g/mol. The molecule has 3 atom stereocenters. The van der Waals surface area contributed by atoms with Crippen LogP contribution in [0.15, 0.2) is 81.2 Å². The summed E-state index contributed by atoms with van der Waals surface area (Å²) in [5.41, 5.74) is 4.31.